The Bertz CT molecular complexity index is 758. The summed E-state index contributed by atoms with van der Waals surface area (Å²) in [5, 5.41) is 0.806. The molecule has 104 valence electrons. The lowest BCUT2D eigenvalue weighted by Gasteiger charge is -2.12. The minimum absolute atomic E-state index is 0.326. The number of nitrogens with two attached hydrogens (primary N) is 1. The molecule has 3 rings (SSSR count). The van der Waals surface area contributed by atoms with Gasteiger partial charge in [-0.25, -0.2) is 4.98 Å². The largest absolute Gasteiger partial charge is 0.497 e. The van der Waals surface area contributed by atoms with Crippen LogP contribution in [0.15, 0.2) is 30.3 Å². The molecule has 2 heterocycles. The van der Waals surface area contributed by atoms with Crippen LogP contribution in [0.5, 0.6) is 5.75 Å². The molecule has 0 spiro atoms. The fraction of sp³-hybridized carbons (Fsp3) is 0.267. The molecular formula is C15H17N3OS. The number of imidazole rings is 1. The van der Waals surface area contributed by atoms with Crippen LogP contribution < -0.4 is 10.5 Å². The molecule has 0 aliphatic carbocycles. The molecule has 20 heavy (non-hydrogen) atoms. The number of ether oxygens (including phenoxy) is 1. The quantitative estimate of drug-likeness (QED) is 0.794. The van der Waals surface area contributed by atoms with E-state index < -0.39 is 0 Å². The Morgan fingerprint density at radius 3 is 2.65 bits per heavy atom. The van der Waals surface area contributed by atoms with E-state index in [-0.39, 0.29) is 0 Å². The van der Waals surface area contributed by atoms with Crippen molar-refractivity contribution in [2.45, 2.75) is 19.9 Å². The van der Waals surface area contributed by atoms with Gasteiger partial charge >= 0.3 is 0 Å². The number of fused-ring (bicyclic) bond motifs is 1. The maximum absolute atomic E-state index is 5.84. The van der Waals surface area contributed by atoms with Crippen molar-refractivity contribution in [3.05, 3.63) is 30.3 Å². The van der Waals surface area contributed by atoms with Gasteiger partial charge in [0.2, 0.25) is 0 Å². The van der Waals surface area contributed by atoms with Crippen LogP contribution >= 0.6 is 11.3 Å². The van der Waals surface area contributed by atoms with Gasteiger partial charge in [-0.15, -0.1) is 11.3 Å². The molecule has 0 radical (unpaired) electrons. The summed E-state index contributed by atoms with van der Waals surface area (Å²) in [5.41, 5.74) is 7.90. The second-order valence-corrected chi connectivity index (χ2v) is 6.07. The first-order valence-corrected chi connectivity index (χ1v) is 7.33. The van der Waals surface area contributed by atoms with E-state index >= 15 is 0 Å². The van der Waals surface area contributed by atoms with Crippen LogP contribution in [0.2, 0.25) is 0 Å². The first kappa shape index (κ1) is 13.0. The van der Waals surface area contributed by atoms with Crippen molar-refractivity contribution < 1.29 is 4.74 Å². The van der Waals surface area contributed by atoms with Crippen molar-refractivity contribution in [3.63, 3.8) is 0 Å². The highest BCUT2D eigenvalue weighted by Crippen LogP contribution is 2.34. The van der Waals surface area contributed by atoms with Gasteiger partial charge < -0.3 is 15.0 Å². The summed E-state index contributed by atoms with van der Waals surface area (Å²) in [7, 11) is 1.67. The average molecular weight is 287 g/mol. The van der Waals surface area contributed by atoms with Crippen LogP contribution in [0.3, 0.4) is 0 Å². The molecule has 0 fully saturated rings. The number of aromatic nitrogens is 2. The lowest BCUT2D eigenvalue weighted by molar-refractivity contribution is 0.415. The summed E-state index contributed by atoms with van der Waals surface area (Å²) in [6.45, 7) is 4.32. The third-order valence-electron chi connectivity index (χ3n) is 3.26. The Labute approximate surface area is 121 Å². The molecule has 0 aliphatic heterocycles. The molecule has 0 saturated carbocycles. The Morgan fingerprint density at radius 1 is 1.25 bits per heavy atom. The molecule has 2 aromatic heterocycles. The van der Waals surface area contributed by atoms with E-state index in [0.29, 0.717) is 6.04 Å². The van der Waals surface area contributed by atoms with Gasteiger partial charge in [0.15, 0.2) is 5.82 Å². The maximum atomic E-state index is 5.84. The summed E-state index contributed by atoms with van der Waals surface area (Å²) in [6.07, 6.45) is 0. The smallest absolute Gasteiger partial charge is 0.151 e. The number of methoxy groups -OCH3 is 1. The molecule has 5 heteroatoms. The summed E-state index contributed by atoms with van der Waals surface area (Å²) in [4.78, 5) is 5.85. The standard InChI is InChI=1S/C15H17N3OS/c1-9(2)18-12-5-4-10(19-3)8-11(12)17-15(18)13-6-7-14(16)20-13/h4-9H,16H2,1-3H3. The van der Waals surface area contributed by atoms with Gasteiger partial charge in [-0.05, 0) is 38.1 Å². The summed E-state index contributed by atoms with van der Waals surface area (Å²) >= 11 is 1.56. The van der Waals surface area contributed by atoms with Crippen molar-refractivity contribution in [1.29, 1.82) is 0 Å². The second-order valence-electron chi connectivity index (χ2n) is 4.96. The molecule has 0 atom stereocenters. The number of hydrogen-bond donors (Lipinski definition) is 1. The molecule has 2 N–H and O–H groups in total. The summed E-state index contributed by atoms with van der Waals surface area (Å²) in [5.74, 6) is 1.79. The van der Waals surface area contributed by atoms with E-state index in [1.165, 1.54) is 0 Å². The van der Waals surface area contributed by atoms with Crippen molar-refractivity contribution >= 4 is 27.4 Å². The molecular weight excluding hydrogens is 270 g/mol. The first-order chi connectivity index (χ1) is 9.60. The highest BCUT2D eigenvalue weighted by atomic mass is 32.1. The second kappa shape index (κ2) is 4.83. The van der Waals surface area contributed by atoms with Gasteiger partial charge in [0.25, 0.3) is 0 Å². The van der Waals surface area contributed by atoms with Gasteiger partial charge in [0.1, 0.15) is 5.75 Å². The van der Waals surface area contributed by atoms with Crippen molar-refractivity contribution in [1.82, 2.24) is 9.55 Å². The van der Waals surface area contributed by atoms with E-state index in [9.17, 15) is 0 Å². The minimum atomic E-state index is 0.326. The zero-order valence-corrected chi connectivity index (χ0v) is 12.6. The molecule has 0 bridgehead atoms. The van der Waals surface area contributed by atoms with Gasteiger partial charge in [0.05, 0.1) is 28.0 Å². The monoisotopic (exact) mass is 287 g/mol. The van der Waals surface area contributed by atoms with E-state index in [4.69, 9.17) is 15.5 Å². The van der Waals surface area contributed by atoms with E-state index in [0.717, 1.165) is 32.5 Å². The van der Waals surface area contributed by atoms with Crippen molar-refractivity contribution in [3.8, 4) is 16.5 Å². The SMILES string of the molecule is COc1ccc2c(c1)nc(-c1ccc(N)s1)n2C(C)C. The van der Waals surface area contributed by atoms with E-state index in [2.05, 4.69) is 24.5 Å². The Morgan fingerprint density at radius 2 is 2.05 bits per heavy atom. The zero-order chi connectivity index (χ0) is 14.3. The molecule has 0 unspecified atom stereocenters. The number of benzene rings is 1. The number of nitrogen functional groups attached to an aromatic ring is 1. The molecule has 0 amide bonds. The average Bonchev–Trinajstić information content (AvgIpc) is 3.00. The van der Waals surface area contributed by atoms with Crippen LogP contribution in [0.4, 0.5) is 5.00 Å². The fourth-order valence-electron chi connectivity index (χ4n) is 2.38. The number of nitrogens with zero attached hydrogens (tertiary/aromatic N) is 2. The minimum Gasteiger partial charge on any atom is -0.497 e. The van der Waals surface area contributed by atoms with Gasteiger partial charge in [0, 0.05) is 12.1 Å². The van der Waals surface area contributed by atoms with Crippen LogP contribution in [-0.2, 0) is 0 Å². The number of thiophene rings is 1. The van der Waals surface area contributed by atoms with Crippen LogP contribution in [0, 0.1) is 0 Å². The maximum Gasteiger partial charge on any atom is 0.151 e. The normalized spacial score (nSPS) is 11.4. The van der Waals surface area contributed by atoms with Gasteiger partial charge in [-0.2, -0.15) is 0 Å². The fourth-order valence-corrected chi connectivity index (χ4v) is 3.14. The van der Waals surface area contributed by atoms with Crippen LogP contribution in [0.25, 0.3) is 21.7 Å². The predicted molar refractivity (Wildman–Crippen MR) is 84.4 cm³/mol. The molecule has 0 aliphatic rings. The Hall–Kier alpha value is -2.01. The number of hydrogen-bond acceptors (Lipinski definition) is 4. The van der Waals surface area contributed by atoms with Crippen LogP contribution in [0.1, 0.15) is 19.9 Å². The van der Waals surface area contributed by atoms with Gasteiger partial charge in [-0.3, -0.25) is 0 Å². The van der Waals surface area contributed by atoms with Gasteiger partial charge in [-0.1, -0.05) is 0 Å². The lowest BCUT2D eigenvalue weighted by Crippen LogP contribution is -2.02. The Balaban J connectivity index is 2.27. The third kappa shape index (κ3) is 2.04. The lowest BCUT2D eigenvalue weighted by atomic mass is 10.2. The predicted octanol–water partition coefficient (Wildman–Crippen LogP) is 3.94. The number of anilines is 1. The van der Waals surface area contributed by atoms with Crippen molar-refractivity contribution in [2.75, 3.05) is 12.8 Å². The highest BCUT2D eigenvalue weighted by Gasteiger charge is 2.16. The van der Waals surface area contributed by atoms with Crippen molar-refractivity contribution in [2.24, 2.45) is 0 Å². The van der Waals surface area contributed by atoms with Crippen LogP contribution in [-0.4, -0.2) is 16.7 Å². The summed E-state index contributed by atoms with van der Waals surface area (Å²) in [6, 6.07) is 10.3. The first-order valence-electron chi connectivity index (χ1n) is 6.52. The molecule has 0 saturated heterocycles. The Kier molecular flexibility index (Phi) is 3.14. The summed E-state index contributed by atoms with van der Waals surface area (Å²) < 4.78 is 7.51. The topological polar surface area (TPSA) is 53.1 Å². The van der Waals surface area contributed by atoms with E-state index in [1.54, 1.807) is 18.4 Å². The highest BCUT2D eigenvalue weighted by molar-refractivity contribution is 7.19. The number of rotatable bonds is 3. The van der Waals surface area contributed by atoms with E-state index in [1.807, 2.05) is 24.3 Å². The molecule has 4 nitrogen and oxygen atoms in total. The zero-order valence-electron chi connectivity index (χ0n) is 11.8. The molecule has 1 aromatic carbocycles. The molecule has 3 aromatic rings. The third-order valence-corrected chi connectivity index (χ3v) is 4.17.